The molecule has 0 saturated carbocycles. The van der Waals surface area contributed by atoms with Crippen LogP contribution in [0.3, 0.4) is 0 Å². The topological polar surface area (TPSA) is 96.0 Å². The summed E-state index contributed by atoms with van der Waals surface area (Å²) in [5.74, 6) is -0.563. The number of ether oxygens (including phenoxy) is 1. The first-order valence-electron chi connectivity index (χ1n) is 14.5. The van der Waals surface area contributed by atoms with Crippen molar-refractivity contribution in [1.29, 1.82) is 0 Å². The van der Waals surface area contributed by atoms with E-state index in [1.54, 1.807) is 18.2 Å². The van der Waals surface area contributed by atoms with Crippen molar-refractivity contribution in [3.63, 3.8) is 0 Å². The molecule has 0 fully saturated rings. The quantitative estimate of drug-likeness (QED) is 0.153. The fraction of sp³-hybridized carbons (Fsp3) is 0.235. The van der Waals surface area contributed by atoms with Crippen molar-refractivity contribution in [2.24, 2.45) is 0 Å². The number of benzene rings is 4. The van der Waals surface area contributed by atoms with Gasteiger partial charge in [-0.25, -0.2) is 8.42 Å². The first kappa shape index (κ1) is 35.1. The third kappa shape index (κ3) is 8.73. The number of sulfonamides is 1. The normalized spacial score (nSPS) is 11.8. The van der Waals surface area contributed by atoms with E-state index >= 15 is 0 Å². The van der Waals surface area contributed by atoms with Crippen LogP contribution in [0.25, 0.3) is 0 Å². The summed E-state index contributed by atoms with van der Waals surface area (Å²) >= 11 is 19.2. The van der Waals surface area contributed by atoms with E-state index in [-0.39, 0.29) is 23.5 Å². The molecule has 4 aromatic rings. The minimum Gasteiger partial charge on any atom is -0.497 e. The molecule has 46 heavy (non-hydrogen) atoms. The zero-order chi connectivity index (χ0) is 33.3. The number of rotatable bonds is 14. The Bertz CT molecular complexity index is 1720. The lowest BCUT2D eigenvalue weighted by Gasteiger charge is -2.34. The van der Waals surface area contributed by atoms with E-state index < -0.39 is 34.4 Å². The Morgan fingerprint density at radius 3 is 2.07 bits per heavy atom. The standard InChI is InChI=1S/C34H34Cl3N3O5S/c1-3-20-38-34(42)32(21-24-8-5-4-6-9-24)39(22-29-30(36)10-7-11-31(29)37)33(41)23-40(26-14-12-25(35)13-15-26)46(43,44)28-18-16-27(45-2)17-19-28/h4-19,32H,3,20-23H2,1-2H3,(H,38,42)/t32-/m1/s1. The van der Waals surface area contributed by atoms with E-state index in [1.165, 1.54) is 60.5 Å². The molecule has 0 aliphatic heterocycles. The Kier molecular flexibility index (Phi) is 12.3. The molecule has 0 aliphatic rings. The van der Waals surface area contributed by atoms with Gasteiger partial charge in [-0.1, -0.05) is 78.1 Å². The molecular weight excluding hydrogens is 669 g/mol. The second-order valence-corrected chi connectivity index (χ2v) is 13.5. The Hall–Kier alpha value is -3.76. The van der Waals surface area contributed by atoms with Gasteiger partial charge >= 0.3 is 0 Å². The van der Waals surface area contributed by atoms with Crippen molar-refractivity contribution in [3.8, 4) is 5.75 Å². The number of halogens is 3. The molecule has 0 unspecified atom stereocenters. The van der Waals surface area contributed by atoms with Gasteiger partial charge in [-0.2, -0.15) is 0 Å². The van der Waals surface area contributed by atoms with Crippen LogP contribution >= 0.6 is 34.8 Å². The minimum atomic E-state index is -4.29. The van der Waals surface area contributed by atoms with Crippen LogP contribution < -0.4 is 14.4 Å². The Morgan fingerprint density at radius 1 is 0.848 bits per heavy atom. The van der Waals surface area contributed by atoms with Crippen LogP contribution in [-0.2, 0) is 32.6 Å². The van der Waals surface area contributed by atoms with E-state index in [0.29, 0.717) is 39.3 Å². The summed E-state index contributed by atoms with van der Waals surface area (Å²) in [5, 5.41) is 3.90. The number of amides is 2. The molecule has 0 radical (unpaired) electrons. The molecule has 4 aromatic carbocycles. The van der Waals surface area contributed by atoms with Crippen molar-refractivity contribution in [3.05, 3.63) is 123 Å². The number of anilines is 1. The van der Waals surface area contributed by atoms with Crippen LogP contribution in [0.5, 0.6) is 5.75 Å². The average Bonchev–Trinajstić information content (AvgIpc) is 3.06. The van der Waals surface area contributed by atoms with Crippen LogP contribution in [0, 0.1) is 0 Å². The van der Waals surface area contributed by atoms with Crippen LogP contribution in [0.2, 0.25) is 15.1 Å². The van der Waals surface area contributed by atoms with Gasteiger partial charge in [0.05, 0.1) is 17.7 Å². The molecule has 242 valence electrons. The number of nitrogens with zero attached hydrogens (tertiary/aromatic N) is 2. The summed E-state index contributed by atoms with van der Waals surface area (Å²) in [6, 6.07) is 25.2. The SMILES string of the molecule is CCCNC(=O)[C@@H](Cc1ccccc1)N(Cc1c(Cl)cccc1Cl)C(=O)CN(c1ccc(Cl)cc1)S(=O)(=O)c1ccc(OC)cc1. The van der Waals surface area contributed by atoms with Crippen LogP contribution in [0.4, 0.5) is 5.69 Å². The van der Waals surface area contributed by atoms with Gasteiger partial charge in [0, 0.05) is 40.1 Å². The number of nitrogens with one attached hydrogen (secondary N) is 1. The van der Waals surface area contributed by atoms with Crippen LogP contribution in [-0.4, -0.2) is 51.4 Å². The molecule has 4 rings (SSSR count). The third-order valence-electron chi connectivity index (χ3n) is 7.25. The predicted molar refractivity (Wildman–Crippen MR) is 183 cm³/mol. The molecule has 0 spiro atoms. The maximum Gasteiger partial charge on any atom is 0.264 e. The highest BCUT2D eigenvalue weighted by Crippen LogP contribution is 2.30. The molecule has 1 atom stereocenters. The molecule has 2 amide bonds. The van der Waals surface area contributed by atoms with Crippen molar-refractivity contribution in [2.75, 3.05) is 24.5 Å². The molecule has 0 heterocycles. The van der Waals surface area contributed by atoms with E-state index in [1.807, 2.05) is 37.3 Å². The minimum absolute atomic E-state index is 0.0572. The Morgan fingerprint density at radius 2 is 1.48 bits per heavy atom. The maximum atomic E-state index is 14.5. The predicted octanol–water partition coefficient (Wildman–Crippen LogP) is 7.02. The third-order valence-corrected chi connectivity index (χ3v) is 10.00. The van der Waals surface area contributed by atoms with Crippen LogP contribution in [0.15, 0.2) is 102 Å². The second kappa shape index (κ2) is 16.2. The molecule has 0 saturated heterocycles. The van der Waals surface area contributed by atoms with Crippen molar-refractivity contribution >= 4 is 62.3 Å². The fourth-order valence-corrected chi connectivity index (χ4v) is 6.84. The smallest absolute Gasteiger partial charge is 0.264 e. The molecular formula is C34H34Cl3N3O5S. The number of methoxy groups -OCH3 is 1. The highest BCUT2D eigenvalue weighted by molar-refractivity contribution is 7.92. The van der Waals surface area contributed by atoms with Gasteiger partial charge in [-0.05, 0) is 72.6 Å². The van der Waals surface area contributed by atoms with E-state index in [9.17, 15) is 18.0 Å². The van der Waals surface area contributed by atoms with Gasteiger partial charge in [0.2, 0.25) is 11.8 Å². The Balaban J connectivity index is 1.82. The molecule has 0 aliphatic carbocycles. The van der Waals surface area contributed by atoms with Gasteiger partial charge in [0.1, 0.15) is 18.3 Å². The zero-order valence-corrected chi connectivity index (χ0v) is 28.4. The number of carbonyl (C=O) groups excluding carboxylic acids is 2. The zero-order valence-electron chi connectivity index (χ0n) is 25.3. The summed E-state index contributed by atoms with van der Waals surface area (Å²) in [6.45, 7) is 1.53. The van der Waals surface area contributed by atoms with Gasteiger partial charge < -0.3 is 15.0 Å². The molecule has 0 aromatic heterocycles. The van der Waals surface area contributed by atoms with Gasteiger partial charge in [0.15, 0.2) is 0 Å². The lowest BCUT2D eigenvalue weighted by atomic mass is 10.0. The van der Waals surface area contributed by atoms with Crippen molar-refractivity contribution in [1.82, 2.24) is 10.2 Å². The molecule has 1 N–H and O–H groups in total. The summed E-state index contributed by atoms with van der Waals surface area (Å²) in [4.78, 5) is 29.6. The maximum absolute atomic E-state index is 14.5. The lowest BCUT2D eigenvalue weighted by molar-refractivity contribution is -0.140. The Labute approximate surface area is 284 Å². The number of carbonyl (C=O) groups is 2. The summed E-state index contributed by atoms with van der Waals surface area (Å²) in [6.07, 6.45) is 0.842. The summed E-state index contributed by atoms with van der Waals surface area (Å²) in [7, 11) is -2.82. The van der Waals surface area contributed by atoms with Gasteiger partial charge in [0.25, 0.3) is 10.0 Å². The molecule has 8 nitrogen and oxygen atoms in total. The first-order valence-corrected chi connectivity index (χ1v) is 17.1. The lowest BCUT2D eigenvalue weighted by Crippen LogP contribution is -2.53. The average molecular weight is 703 g/mol. The van der Waals surface area contributed by atoms with Crippen molar-refractivity contribution in [2.45, 2.75) is 37.2 Å². The monoisotopic (exact) mass is 701 g/mol. The summed E-state index contributed by atoms with van der Waals surface area (Å²) < 4.78 is 34.5. The number of hydrogen-bond acceptors (Lipinski definition) is 5. The fourth-order valence-electron chi connectivity index (χ4n) is 4.78. The van der Waals surface area contributed by atoms with Gasteiger partial charge in [-0.15, -0.1) is 0 Å². The largest absolute Gasteiger partial charge is 0.497 e. The summed E-state index contributed by atoms with van der Waals surface area (Å²) in [5.41, 5.74) is 1.44. The highest BCUT2D eigenvalue weighted by Gasteiger charge is 2.35. The first-order chi connectivity index (χ1) is 22.0. The van der Waals surface area contributed by atoms with Gasteiger partial charge in [-0.3, -0.25) is 13.9 Å². The molecule has 12 heteroatoms. The highest BCUT2D eigenvalue weighted by atomic mass is 35.5. The molecule has 0 bridgehead atoms. The van der Waals surface area contributed by atoms with Crippen molar-refractivity contribution < 1.29 is 22.7 Å². The number of hydrogen-bond donors (Lipinski definition) is 1. The van der Waals surface area contributed by atoms with E-state index in [4.69, 9.17) is 39.5 Å². The van der Waals surface area contributed by atoms with Crippen LogP contribution in [0.1, 0.15) is 24.5 Å². The van der Waals surface area contributed by atoms with E-state index in [0.717, 1.165) is 9.87 Å². The van der Waals surface area contributed by atoms with E-state index in [2.05, 4.69) is 5.32 Å². The second-order valence-electron chi connectivity index (χ2n) is 10.4.